The van der Waals surface area contributed by atoms with Crippen LogP contribution in [0.1, 0.15) is 44.5 Å². The van der Waals surface area contributed by atoms with Gasteiger partial charge in [-0.3, -0.25) is 15.0 Å². The van der Waals surface area contributed by atoms with Crippen LogP contribution in [0.5, 0.6) is 17.2 Å². The molecular formula is C23H34N2O6. The highest BCUT2D eigenvalue weighted by Crippen LogP contribution is 2.38. The number of hydrogen-bond acceptors (Lipinski definition) is 8. The third kappa shape index (κ3) is 7.90. The molecule has 0 radical (unpaired) electrons. The van der Waals surface area contributed by atoms with Gasteiger partial charge >= 0.3 is 0 Å². The van der Waals surface area contributed by atoms with Crippen LogP contribution in [0, 0.1) is 5.41 Å². The largest absolute Gasteiger partial charge is 0.493 e. The van der Waals surface area contributed by atoms with E-state index in [2.05, 4.69) is 0 Å². The molecule has 0 aliphatic carbocycles. The number of methoxy groups -OCH3 is 4. The molecule has 0 amide bonds. The summed E-state index contributed by atoms with van der Waals surface area (Å²) in [5.74, 6) is 0.114. The summed E-state index contributed by atoms with van der Waals surface area (Å²) in [6.07, 6.45) is 2.83. The van der Waals surface area contributed by atoms with Crippen LogP contribution in [-0.2, 0) is 9.53 Å². The van der Waals surface area contributed by atoms with Gasteiger partial charge in [-0.2, -0.15) is 0 Å². The second-order valence-electron chi connectivity index (χ2n) is 6.24. The molecule has 31 heavy (non-hydrogen) atoms. The molecule has 8 heteroatoms. The van der Waals surface area contributed by atoms with Crippen molar-refractivity contribution in [2.24, 2.45) is 5.73 Å². The lowest BCUT2D eigenvalue weighted by Gasteiger charge is -2.15. The summed E-state index contributed by atoms with van der Waals surface area (Å²) in [4.78, 5) is 24.5. The van der Waals surface area contributed by atoms with Gasteiger partial charge in [0.15, 0.2) is 11.5 Å². The molecular weight excluding hydrogens is 400 g/mol. The first-order valence-electron chi connectivity index (χ1n) is 9.82. The van der Waals surface area contributed by atoms with Crippen molar-refractivity contribution in [2.75, 3.05) is 28.4 Å². The van der Waals surface area contributed by atoms with Crippen molar-refractivity contribution < 1.29 is 28.5 Å². The van der Waals surface area contributed by atoms with E-state index in [1.165, 1.54) is 53.6 Å². The van der Waals surface area contributed by atoms with Gasteiger partial charge in [-0.15, -0.1) is 0 Å². The predicted octanol–water partition coefficient (Wildman–Crippen LogP) is 3.72. The van der Waals surface area contributed by atoms with Gasteiger partial charge in [-0.1, -0.05) is 26.0 Å². The molecule has 1 atom stereocenters. The monoisotopic (exact) mass is 434 g/mol. The predicted molar refractivity (Wildman–Crippen MR) is 122 cm³/mol. The Bertz CT molecular complexity index is 817. The molecule has 3 N–H and O–H groups in total. The minimum absolute atomic E-state index is 0.0774. The lowest BCUT2D eigenvalue weighted by Crippen LogP contribution is -2.20. The number of carbonyl (C=O) groups excluding carboxylic acids is 2. The van der Waals surface area contributed by atoms with Crippen LogP contribution in [0.3, 0.4) is 0 Å². The van der Waals surface area contributed by atoms with E-state index in [0.717, 1.165) is 0 Å². The summed E-state index contributed by atoms with van der Waals surface area (Å²) in [5, 5.41) is 8.42. The van der Waals surface area contributed by atoms with Gasteiger partial charge in [0.2, 0.25) is 11.5 Å². The van der Waals surface area contributed by atoms with Crippen LogP contribution in [0.15, 0.2) is 35.6 Å². The Morgan fingerprint density at radius 1 is 1.06 bits per heavy atom. The molecule has 1 aromatic rings. The number of Topliss-reactive ketones (excluding diaryl/α,β-unsaturated/α-hetero) is 2. The van der Waals surface area contributed by atoms with Gasteiger partial charge in [-0.25, -0.2) is 0 Å². The molecule has 0 fully saturated rings. The summed E-state index contributed by atoms with van der Waals surface area (Å²) in [5.41, 5.74) is 6.10. The van der Waals surface area contributed by atoms with Gasteiger partial charge in [-0.05, 0) is 26.0 Å². The van der Waals surface area contributed by atoms with Gasteiger partial charge < -0.3 is 24.7 Å². The van der Waals surface area contributed by atoms with Crippen LogP contribution < -0.4 is 19.9 Å². The summed E-state index contributed by atoms with van der Waals surface area (Å²) in [6, 6.07) is 2.91. The molecule has 172 valence electrons. The van der Waals surface area contributed by atoms with Crippen molar-refractivity contribution in [1.29, 1.82) is 5.41 Å². The summed E-state index contributed by atoms with van der Waals surface area (Å²) in [6.45, 7) is 7.18. The van der Waals surface area contributed by atoms with Crippen LogP contribution in [0.25, 0.3) is 0 Å². The Kier molecular flexibility index (Phi) is 12.6. The SMILES string of the molecule is CC.COc1cc(C(=O)C(=N)C(/C=C\C(C)OC)=C(\N)CC(C)=O)cc(OC)c1OC. The topological polar surface area (TPSA) is 121 Å². The minimum atomic E-state index is -0.611. The van der Waals surface area contributed by atoms with Crippen molar-refractivity contribution in [2.45, 2.75) is 40.2 Å². The van der Waals surface area contributed by atoms with E-state index in [9.17, 15) is 9.59 Å². The smallest absolute Gasteiger partial charge is 0.211 e. The third-order valence-corrected chi connectivity index (χ3v) is 4.11. The lowest BCUT2D eigenvalue weighted by molar-refractivity contribution is -0.116. The number of hydrogen-bond donors (Lipinski definition) is 2. The molecule has 1 rings (SSSR count). The second kappa shape index (κ2) is 14.0. The molecule has 0 bridgehead atoms. The molecule has 0 aromatic heterocycles. The fraction of sp³-hybridized carbons (Fsp3) is 0.435. The average molecular weight is 435 g/mol. The zero-order valence-electron chi connectivity index (χ0n) is 19.6. The lowest BCUT2D eigenvalue weighted by atomic mass is 9.96. The van der Waals surface area contributed by atoms with E-state index >= 15 is 0 Å². The van der Waals surface area contributed by atoms with Gasteiger partial charge in [0.1, 0.15) is 11.5 Å². The van der Waals surface area contributed by atoms with E-state index in [-0.39, 0.29) is 52.4 Å². The Hall–Kier alpha value is -3.13. The Morgan fingerprint density at radius 3 is 1.97 bits per heavy atom. The fourth-order valence-electron chi connectivity index (χ4n) is 2.50. The quantitative estimate of drug-likeness (QED) is 0.309. The highest BCUT2D eigenvalue weighted by Gasteiger charge is 2.22. The molecule has 0 saturated carbocycles. The molecule has 0 saturated heterocycles. The van der Waals surface area contributed by atoms with E-state index in [1.54, 1.807) is 13.0 Å². The Labute approximate surface area is 184 Å². The zero-order valence-corrected chi connectivity index (χ0v) is 19.6. The molecule has 0 spiro atoms. The standard InChI is InChI=1S/C21H28N2O6.C2H6/c1-12(24)9-16(22)15(8-7-13(2)26-3)19(23)20(25)14-10-17(27-4)21(29-6)18(11-14)28-5;1-2/h7-8,10-11,13,23H,9,22H2,1-6H3;1-2H3/b8-7-,16-15-,23-19?;. The van der Waals surface area contributed by atoms with E-state index in [4.69, 9.17) is 30.1 Å². The minimum Gasteiger partial charge on any atom is -0.493 e. The van der Waals surface area contributed by atoms with Gasteiger partial charge in [0.05, 0.1) is 27.4 Å². The van der Waals surface area contributed by atoms with Crippen molar-refractivity contribution in [3.05, 3.63) is 41.1 Å². The normalized spacial score (nSPS) is 12.3. The molecule has 0 aliphatic heterocycles. The van der Waals surface area contributed by atoms with Crippen molar-refractivity contribution >= 4 is 17.3 Å². The van der Waals surface area contributed by atoms with Crippen LogP contribution >= 0.6 is 0 Å². The summed E-state index contributed by atoms with van der Waals surface area (Å²) in [7, 11) is 5.85. The molecule has 0 aliphatic rings. The van der Waals surface area contributed by atoms with Crippen molar-refractivity contribution in [1.82, 2.24) is 0 Å². The first kappa shape index (κ1) is 27.9. The Morgan fingerprint density at radius 2 is 1.58 bits per heavy atom. The average Bonchev–Trinajstić information content (AvgIpc) is 2.77. The number of nitrogens with one attached hydrogen (secondary N) is 1. The second-order valence-corrected chi connectivity index (χ2v) is 6.24. The number of carbonyl (C=O) groups is 2. The highest BCUT2D eigenvalue weighted by atomic mass is 16.5. The highest BCUT2D eigenvalue weighted by molar-refractivity contribution is 6.51. The maximum absolute atomic E-state index is 13.0. The number of rotatable bonds is 11. The van der Waals surface area contributed by atoms with Crippen molar-refractivity contribution in [3.8, 4) is 17.2 Å². The van der Waals surface area contributed by atoms with Crippen LogP contribution in [-0.4, -0.2) is 51.8 Å². The van der Waals surface area contributed by atoms with Crippen LogP contribution in [0.2, 0.25) is 0 Å². The van der Waals surface area contributed by atoms with Crippen molar-refractivity contribution in [3.63, 3.8) is 0 Å². The molecule has 1 aromatic carbocycles. The summed E-state index contributed by atoms with van der Waals surface area (Å²) >= 11 is 0. The maximum atomic E-state index is 13.0. The number of allylic oxidation sites excluding steroid dienone is 3. The van der Waals surface area contributed by atoms with Gasteiger partial charge in [0, 0.05) is 30.4 Å². The number of ketones is 2. The van der Waals surface area contributed by atoms with E-state index in [1.807, 2.05) is 13.8 Å². The summed E-state index contributed by atoms with van der Waals surface area (Å²) < 4.78 is 20.9. The van der Waals surface area contributed by atoms with Gasteiger partial charge in [0.25, 0.3) is 0 Å². The number of nitrogens with two attached hydrogens (primary N) is 1. The fourth-order valence-corrected chi connectivity index (χ4v) is 2.50. The van der Waals surface area contributed by atoms with E-state index < -0.39 is 5.78 Å². The number of benzene rings is 1. The maximum Gasteiger partial charge on any atom is 0.211 e. The van der Waals surface area contributed by atoms with Crippen LogP contribution in [0.4, 0.5) is 0 Å². The van der Waals surface area contributed by atoms with E-state index in [0.29, 0.717) is 5.75 Å². The zero-order chi connectivity index (χ0) is 24.1. The number of ether oxygens (including phenoxy) is 4. The first-order chi connectivity index (χ1) is 14.7. The Balaban J connectivity index is 0.00000436. The first-order valence-corrected chi connectivity index (χ1v) is 9.82. The molecule has 0 heterocycles. The third-order valence-electron chi connectivity index (χ3n) is 4.11. The molecule has 8 nitrogen and oxygen atoms in total. The molecule has 1 unspecified atom stereocenters.